The van der Waals surface area contributed by atoms with Gasteiger partial charge in [0.25, 0.3) is 0 Å². The number of carbonyl (C=O) groups is 1. The number of H-pyrrole nitrogens is 1. The SMILES string of the molecule is COC(=O)c1cnc(NCc2nc(-c3ccc(Br)cc3)n[nH]2)c([N+](=O)[O-])c1. The number of esters is 1. The Labute approximate surface area is 161 Å². The van der Waals surface area contributed by atoms with Gasteiger partial charge in [-0.3, -0.25) is 15.2 Å². The number of halogens is 1. The maximum atomic E-state index is 11.5. The first kappa shape index (κ1) is 18.5. The van der Waals surface area contributed by atoms with Gasteiger partial charge in [0.1, 0.15) is 5.82 Å². The number of ether oxygens (including phenoxy) is 1. The molecule has 27 heavy (non-hydrogen) atoms. The lowest BCUT2D eigenvalue weighted by molar-refractivity contribution is -0.384. The normalized spacial score (nSPS) is 10.4. The van der Waals surface area contributed by atoms with E-state index in [9.17, 15) is 14.9 Å². The van der Waals surface area contributed by atoms with Crippen molar-refractivity contribution in [3.8, 4) is 11.4 Å². The Balaban J connectivity index is 1.76. The number of nitro groups is 1. The highest BCUT2D eigenvalue weighted by molar-refractivity contribution is 9.10. The minimum Gasteiger partial charge on any atom is -0.465 e. The Kier molecular flexibility index (Phi) is 5.41. The molecule has 3 rings (SSSR count). The summed E-state index contributed by atoms with van der Waals surface area (Å²) in [4.78, 5) is 30.4. The molecule has 0 unspecified atom stereocenters. The van der Waals surface area contributed by atoms with Crippen LogP contribution in [0.4, 0.5) is 11.5 Å². The second-order valence-corrected chi connectivity index (χ2v) is 6.22. The standard InChI is InChI=1S/C16H13BrN6O4/c1-27-16(24)10-6-12(23(25)26)15(18-7-10)19-8-13-20-14(22-21-13)9-2-4-11(17)5-3-9/h2-7H,8H2,1H3,(H,18,19)(H,20,21,22). The van der Waals surface area contributed by atoms with E-state index in [0.717, 1.165) is 16.1 Å². The van der Waals surface area contributed by atoms with Crippen LogP contribution in [0, 0.1) is 10.1 Å². The lowest BCUT2D eigenvalue weighted by Crippen LogP contribution is -2.09. The lowest BCUT2D eigenvalue weighted by atomic mass is 10.2. The van der Waals surface area contributed by atoms with Gasteiger partial charge in [0.05, 0.1) is 24.1 Å². The van der Waals surface area contributed by atoms with Gasteiger partial charge in [-0.25, -0.2) is 14.8 Å². The molecule has 0 amide bonds. The predicted molar refractivity (Wildman–Crippen MR) is 99.1 cm³/mol. The van der Waals surface area contributed by atoms with Crippen molar-refractivity contribution in [2.75, 3.05) is 12.4 Å². The number of hydrogen-bond donors (Lipinski definition) is 2. The van der Waals surface area contributed by atoms with Crippen LogP contribution in [0.25, 0.3) is 11.4 Å². The van der Waals surface area contributed by atoms with Crippen molar-refractivity contribution >= 4 is 33.4 Å². The minimum atomic E-state index is -0.702. The third-order valence-corrected chi connectivity index (χ3v) is 4.07. The Morgan fingerprint density at radius 1 is 1.37 bits per heavy atom. The van der Waals surface area contributed by atoms with Gasteiger partial charge < -0.3 is 10.1 Å². The van der Waals surface area contributed by atoms with Gasteiger partial charge in [0.2, 0.25) is 5.82 Å². The van der Waals surface area contributed by atoms with E-state index in [1.807, 2.05) is 24.3 Å². The van der Waals surface area contributed by atoms with E-state index in [2.05, 4.69) is 46.1 Å². The van der Waals surface area contributed by atoms with E-state index >= 15 is 0 Å². The summed E-state index contributed by atoms with van der Waals surface area (Å²) in [5.74, 6) is 0.282. The van der Waals surface area contributed by atoms with Crippen molar-refractivity contribution < 1.29 is 14.5 Å². The Morgan fingerprint density at radius 2 is 2.11 bits per heavy atom. The molecule has 11 heteroatoms. The van der Waals surface area contributed by atoms with Crippen LogP contribution in [-0.2, 0) is 11.3 Å². The zero-order chi connectivity index (χ0) is 19.4. The second-order valence-electron chi connectivity index (χ2n) is 5.31. The van der Waals surface area contributed by atoms with Gasteiger partial charge in [-0.15, -0.1) is 0 Å². The first-order chi connectivity index (χ1) is 13.0. The topological polar surface area (TPSA) is 136 Å². The first-order valence-electron chi connectivity index (χ1n) is 7.61. The number of carbonyl (C=O) groups excluding carboxylic acids is 1. The summed E-state index contributed by atoms with van der Waals surface area (Å²) < 4.78 is 5.49. The summed E-state index contributed by atoms with van der Waals surface area (Å²) in [6.07, 6.45) is 1.20. The molecule has 0 aliphatic carbocycles. The number of pyridine rings is 1. The average Bonchev–Trinajstić information content (AvgIpc) is 3.15. The number of hydrogen-bond acceptors (Lipinski definition) is 8. The molecule has 0 fully saturated rings. The van der Waals surface area contributed by atoms with Crippen LogP contribution in [0.15, 0.2) is 41.0 Å². The van der Waals surface area contributed by atoms with Crippen molar-refractivity contribution in [1.29, 1.82) is 0 Å². The summed E-state index contributed by atoms with van der Waals surface area (Å²) in [7, 11) is 1.19. The zero-order valence-electron chi connectivity index (χ0n) is 14.0. The lowest BCUT2D eigenvalue weighted by Gasteiger charge is -2.05. The van der Waals surface area contributed by atoms with Crippen LogP contribution in [-0.4, -0.2) is 38.2 Å². The maximum absolute atomic E-state index is 11.5. The number of methoxy groups -OCH3 is 1. The molecule has 0 spiro atoms. The van der Waals surface area contributed by atoms with Crippen molar-refractivity contribution in [2.45, 2.75) is 6.54 Å². The fourth-order valence-electron chi connectivity index (χ4n) is 2.23. The molecule has 0 saturated carbocycles. The molecule has 0 saturated heterocycles. The molecule has 0 aliphatic heterocycles. The van der Waals surface area contributed by atoms with Crippen molar-refractivity contribution in [2.24, 2.45) is 0 Å². The molecule has 0 bridgehead atoms. The maximum Gasteiger partial charge on any atom is 0.339 e. The molecule has 3 aromatic rings. The molecule has 0 aliphatic rings. The minimum absolute atomic E-state index is 0.00746. The largest absolute Gasteiger partial charge is 0.465 e. The molecule has 2 aromatic heterocycles. The van der Waals surface area contributed by atoms with Crippen LogP contribution in [0.5, 0.6) is 0 Å². The summed E-state index contributed by atoms with van der Waals surface area (Å²) in [6, 6.07) is 8.58. The van der Waals surface area contributed by atoms with E-state index in [1.54, 1.807) is 0 Å². The molecule has 0 atom stereocenters. The molecular formula is C16H13BrN6O4. The number of rotatable bonds is 6. The number of anilines is 1. The van der Waals surface area contributed by atoms with Gasteiger partial charge in [0, 0.05) is 22.3 Å². The van der Waals surface area contributed by atoms with Gasteiger partial charge in [-0.2, -0.15) is 5.10 Å². The highest BCUT2D eigenvalue weighted by atomic mass is 79.9. The van der Waals surface area contributed by atoms with Gasteiger partial charge in [-0.05, 0) is 12.1 Å². The summed E-state index contributed by atoms with van der Waals surface area (Å²) in [5, 5.41) is 21.0. The summed E-state index contributed by atoms with van der Waals surface area (Å²) in [5.41, 5.74) is 0.477. The number of aromatic nitrogens is 4. The molecule has 1 aromatic carbocycles. The number of nitrogens with zero attached hydrogens (tertiary/aromatic N) is 4. The van der Waals surface area contributed by atoms with E-state index < -0.39 is 10.9 Å². The fourth-order valence-corrected chi connectivity index (χ4v) is 2.49. The molecule has 10 nitrogen and oxygen atoms in total. The average molecular weight is 433 g/mol. The second kappa shape index (κ2) is 7.91. The van der Waals surface area contributed by atoms with Gasteiger partial charge >= 0.3 is 11.7 Å². The number of aromatic amines is 1. The Morgan fingerprint density at radius 3 is 2.78 bits per heavy atom. The van der Waals surface area contributed by atoms with Crippen molar-refractivity contribution in [3.05, 3.63) is 62.5 Å². The quantitative estimate of drug-likeness (QED) is 0.344. The molecule has 138 valence electrons. The fraction of sp³-hybridized carbons (Fsp3) is 0.125. The van der Waals surface area contributed by atoms with Crippen LogP contribution >= 0.6 is 15.9 Å². The van der Waals surface area contributed by atoms with E-state index in [1.165, 1.54) is 13.3 Å². The summed E-state index contributed by atoms with van der Waals surface area (Å²) in [6.45, 7) is 0.134. The Hall–Kier alpha value is -3.34. The molecule has 2 heterocycles. The third kappa shape index (κ3) is 4.26. The van der Waals surface area contributed by atoms with Crippen molar-refractivity contribution in [3.63, 3.8) is 0 Å². The highest BCUT2D eigenvalue weighted by Crippen LogP contribution is 2.24. The van der Waals surface area contributed by atoms with Crippen LogP contribution in [0.2, 0.25) is 0 Å². The van der Waals surface area contributed by atoms with Gasteiger partial charge in [-0.1, -0.05) is 28.1 Å². The Bertz CT molecular complexity index is 989. The monoisotopic (exact) mass is 432 g/mol. The van der Waals surface area contributed by atoms with E-state index in [4.69, 9.17) is 0 Å². The van der Waals surface area contributed by atoms with Crippen molar-refractivity contribution in [1.82, 2.24) is 20.2 Å². The predicted octanol–water partition coefficient (Wildman–Crippen LogP) is 2.94. The smallest absolute Gasteiger partial charge is 0.339 e. The number of benzene rings is 1. The number of nitrogens with one attached hydrogen (secondary N) is 2. The first-order valence-corrected chi connectivity index (χ1v) is 8.41. The highest BCUT2D eigenvalue weighted by Gasteiger charge is 2.19. The summed E-state index contributed by atoms with van der Waals surface area (Å²) >= 11 is 3.36. The van der Waals surface area contributed by atoms with Gasteiger partial charge in [0.15, 0.2) is 5.82 Å². The zero-order valence-corrected chi connectivity index (χ0v) is 15.6. The van der Waals surface area contributed by atoms with E-state index in [-0.39, 0.29) is 23.6 Å². The van der Waals surface area contributed by atoms with Crippen LogP contribution in [0.1, 0.15) is 16.2 Å². The molecular weight excluding hydrogens is 420 g/mol. The molecule has 2 N–H and O–H groups in total. The van der Waals surface area contributed by atoms with Crippen LogP contribution in [0.3, 0.4) is 0 Å². The van der Waals surface area contributed by atoms with E-state index in [0.29, 0.717) is 11.6 Å². The van der Waals surface area contributed by atoms with Crippen LogP contribution < -0.4 is 5.32 Å². The third-order valence-electron chi connectivity index (χ3n) is 3.54. The molecule has 0 radical (unpaired) electrons.